The van der Waals surface area contributed by atoms with Crippen LogP contribution in [0.4, 0.5) is 5.69 Å². The molecule has 0 aliphatic carbocycles. The number of nitrogens with one attached hydrogen (secondary N) is 2. The monoisotopic (exact) mass is 302 g/mol. The lowest BCUT2D eigenvalue weighted by atomic mass is 10.0. The predicted molar refractivity (Wildman–Crippen MR) is 89.7 cm³/mol. The highest BCUT2D eigenvalue weighted by Crippen LogP contribution is 2.25. The normalized spacial score (nSPS) is 12.4. The third kappa shape index (κ3) is 4.41. The van der Waals surface area contributed by atoms with E-state index in [1.807, 2.05) is 37.3 Å². The highest BCUT2D eigenvalue weighted by molar-refractivity contribution is 7.10. The summed E-state index contributed by atoms with van der Waals surface area (Å²) in [6.45, 7) is 6.63. The van der Waals surface area contributed by atoms with Gasteiger partial charge in [-0.1, -0.05) is 38.1 Å². The summed E-state index contributed by atoms with van der Waals surface area (Å²) in [6, 6.07) is 12.2. The van der Waals surface area contributed by atoms with Gasteiger partial charge in [-0.25, -0.2) is 0 Å². The number of carbonyl (C=O) groups excluding carboxylic acids is 1. The van der Waals surface area contributed by atoms with Gasteiger partial charge in [0.15, 0.2) is 0 Å². The van der Waals surface area contributed by atoms with Crippen LogP contribution in [0.1, 0.15) is 30.3 Å². The highest BCUT2D eigenvalue weighted by Gasteiger charge is 2.17. The number of hydrogen-bond acceptors (Lipinski definition) is 3. The molecule has 0 bridgehead atoms. The van der Waals surface area contributed by atoms with E-state index in [9.17, 15) is 4.79 Å². The molecule has 1 atom stereocenters. The first-order valence-corrected chi connectivity index (χ1v) is 8.08. The van der Waals surface area contributed by atoms with E-state index in [2.05, 4.69) is 35.9 Å². The minimum atomic E-state index is -0.00786. The molecule has 0 aliphatic heterocycles. The van der Waals surface area contributed by atoms with Crippen LogP contribution in [0.5, 0.6) is 0 Å². The molecule has 112 valence electrons. The molecule has 4 heteroatoms. The molecule has 1 aromatic carbocycles. The fourth-order valence-corrected chi connectivity index (χ4v) is 3.22. The molecular weight excluding hydrogens is 280 g/mol. The summed E-state index contributed by atoms with van der Waals surface area (Å²) in [5.41, 5.74) is 1.95. The van der Waals surface area contributed by atoms with Crippen LogP contribution in [0.15, 0.2) is 41.8 Å². The zero-order chi connectivity index (χ0) is 15.2. The van der Waals surface area contributed by atoms with Crippen molar-refractivity contribution in [3.8, 4) is 0 Å². The Morgan fingerprint density at radius 1 is 1.19 bits per heavy atom. The third-order valence-corrected chi connectivity index (χ3v) is 4.37. The minimum absolute atomic E-state index is 0.00786. The molecule has 0 radical (unpaired) electrons. The van der Waals surface area contributed by atoms with Crippen molar-refractivity contribution in [2.24, 2.45) is 5.92 Å². The van der Waals surface area contributed by atoms with Crippen molar-refractivity contribution in [3.63, 3.8) is 0 Å². The molecule has 1 unspecified atom stereocenters. The molecule has 1 aromatic heterocycles. The van der Waals surface area contributed by atoms with Gasteiger partial charge in [0.05, 0.1) is 6.54 Å². The summed E-state index contributed by atoms with van der Waals surface area (Å²) in [5, 5.41) is 8.38. The van der Waals surface area contributed by atoms with Crippen molar-refractivity contribution in [1.29, 1.82) is 0 Å². The number of hydrogen-bond donors (Lipinski definition) is 2. The number of rotatable bonds is 6. The average molecular weight is 302 g/mol. The molecule has 21 heavy (non-hydrogen) atoms. The Kier molecular flexibility index (Phi) is 5.53. The van der Waals surface area contributed by atoms with E-state index in [0.717, 1.165) is 11.3 Å². The van der Waals surface area contributed by atoms with E-state index in [-0.39, 0.29) is 11.9 Å². The van der Waals surface area contributed by atoms with Gasteiger partial charge in [0.25, 0.3) is 0 Å². The topological polar surface area (TPSA) is 41.1 Å². The van der Waals surface area contributed by atoms with E-state index < -0.39 is 0 Å². The number of amides is 1. The van der Waals surface area contributed by atoms with E-state index in [4.69, 9.17) is 0 Å². The summed E-state index contributed by atoms with van der Waals surface area (Å²) >= 11 is 1.72. The number of carbonyl (C=O) groups is 1. The number of thiophene rings is 1. The maximum atomic E-state index is 12.1. The standard InChI is InChI=1S/C17H22N2OS/c1-12(2)17(15-9-6-10-21-15)18-11-16(20)19-14-8-5-4-7-13(14)3/h4-10,12,17-18H,11H2,1-3H3,(H,19,20). The van der Waals surface area contributed by atoms with E-state index in [1.165, 1.54) is 4.88 Å². The van der Waals surface area contributed by atoms with Crippen molar-refractivity contribution < 1.29 is 4.79 Å². The van der Waals surface area contributed by atoms with E-state index in [1.54, 1.807) is 11.3 Å². The Morgan fingerprint density at radius 3 is 2.57 bits per heavy atom. The number of para-hydroxylation sites is 1. The first-order valence-electron chi connectivity index (χ1n) is 7.20. The first-order chi connectivity index (χ1) is 10.1. The van der Waals surface area contributed by atoms with Gasteiger partial charge in [-0.05, 0) is 35.9 Å². The number of anilines is 1. The molecule has 0 aliphatic rings. The fourth-order valence-electron chi connectivity index (χ4n) is 2.24. The van der Waals surface area contributed by atoms with Gasteiger partial charge < -0.3 is 10.6 Å². The Labute approximate surface area is 130 Å². The second kappa shape index (κ2) is 7.38. The van der Waals surface area contributed by atoms with Crippen LogP contribution in [0.2, 0.25) is 0 Å². The fraction of sp³-hybridized carbons (Fsp3) is 0.353. The zero-order valence-corrected chi connectivity index (χ0v) is 13.5. The summed E-state index contributed by atoms with van der Waals surface area (Å²) in [5.74, 6) is 0.432. The molecular formula is C17H22N2OS. The largest absolute Gasteiger partial charge is 0.325 e. The lowest BCUT2D eigenvalue weighted by Gasteiger charge is -2.21. The van der Waals surface area contributed by atoms with Gasteiger partial charge >= 0.3 is 0 Å². The van der Waals surface area contributed by atoms with Gasteiger partial charge in [-0.2, -0.15) is 0 Å². The van der Waals surface area contributed by atoms with Gasteiger partial charge in [0, 0.05) is 16.6 Å². The van der Waals surface area contributed by atoms with Crippen LogP contribution in [-0.2, 0) is 4.79 Å². The molecule has 2 rings (SSSR count). The predicted octanol–water partition coefficient (Wildman–Crippen LogP) is 3.98. The summed E-state index contributed by atoms with van der Waals surface area (Å²) in [6.07, 6.45) is 0. The molecule has 1 amide bonds. The highest BCUT2D eigenvalue weighted by atomic mass is 32.1. The SMILES string of the molecule is Cc1ccccc1NC(=O)CNC(c1cccs1)C(C)C. The van der Waals surface area contributed by atoms with Crippen molar-refractivity contribution >= 4 is 22.9 Å². The quantitative estimate of drug-likeness (QED) is 0.847. The lowest BCUT2D eigenvalue weighted by Crippen LogP contribution is -2.33. The first kappa shape index (κ1) is 15.7. The Balaban J connectivity index is 1.92. The molecule has 2 N–H and O–H groups in total. The molecule has 2 aromatic rings. The summed E-state index contributed by atoms with van der Waals surface area (Å²) in [4.78, 5) is 13.4. The third-order valence-electron chi connectivity index (χ3n) is 3.42. The van der Waals surface area contributed by atoms with Crippen molar-refractivity contribution in [1.82, 2.24) is 5.32 Å². The molecule has 0 fully saturated rings. The van der Waals surface area contributed by atoms with Crippen LogP contribution in [0.25, 0.3) is 0 Å². The summed E-state index contributed by atoms with van der Waals surface area (Å²) < 4.78 is 0. The maximum absolute atomic E-state index is 12.1. The van der Waals surface area contributed by atoms with Gasteiger partial charge in [0.2, 0.25) is 5.91 Å². The van der Waals surface area contributed by atoms with Crippen LogP contribution in [0, 0.1) is 12.8 Å². The molecule has 0 saturated heterocycles. The number of aryl methyl sites for hydroxylation is 1. The molecule has 0 spiro atoms. The van der Waals surface area contributed by atoms with Crippen molar-refractivity contribution in [2.45, 2.75) is 26.8 Å². The van der Waals surface area contributed by atoms with E-state index >= 15 is 0 Å². The lowest BCUT2D eigenvalue weighted by molar-refractivity contribution is -0.115. The second-order valence-electron chi connectivity index (χ2n) is 5.48. The minimum Gasteiger partial charge on any atom is -0.325 e. The number of benzene rings is 1. The second-order valence-corrected chi connectivity index (χ2v) is 6.46. The maximum Gasteiger partial charge on any atom is 0.238 e. The van der Waals surface area contributed by atoms with E-state index in [0.29, 0.717) is 12.5 Å². The molecule has 0 saturated carbocycles. The van der Waals surface area contributed by atoms with Crippen LogP contribution in [-0.4, -0.2) is 12.5 Å². The Hall–Kier alpha value is -1.65. The van der Waals surface area contributed by atoms with Gasteiger partial charge in [-0.15, -0.1) is 11.3 Å². The van der Waals surface area contributed by atoms with Crippen LogP contribution >= 0.6 is 11.3 Å². The molecule has 3 nitrogen and oxygen atoms in total. The summed E-state index contributed by atoms with van der Waals surface area (Å²) in [7, 11) is 0. The van der Waals surface area contributed by atoms with Crippen LogP contribution in [0.3, 0.4) is 0 Å². The Bertz CT molecular complexity index is 578. The smallest absolute Gasteiger partial charge is 0.238 e. The van der Waals surface area contributed by atoms with Crippen LogP contribution < -0.4 is 10.6 Å². The zero-order valence-electron chi connectivity index (χ0n) is 12.7. The molecule has 1 heterocycles. The van der Waals surface area contributed by atoms with Gasteiger partial charge in [-0.3, -0.25) is 4.79 Å². The van der Waals surface area contributed by atoms with Crippen molar-refractivity contribution in [2.75, 3.05) is 11.9 Å². The van der Waals surface area contributed by atoms with Gasteiger partial charge in [0.1, 0.15) is 0 Å². The van der Waals surface area contributed by atoms with Crippen molar-refractivity contribution in [3.05, 3.63) is 52.2 Å². The Morgan fingerprint density at radius 2 is 1.95 bits per heavy atom. The average Bonchev–Trinajstić information content (AvgIpc) is 2.95.